The average molecular weight is 331 g/mol. The summed E-state index contributed by atoms with van der Waals surface area (Å²) in [5.41, 5.74) is 3.42. The molecule has 0 bridgehead atoms. The second-order valence-corrected chi connectivity index (χ2v) is 8.52. The Bertz CT molecular complexity index is 706. The normalized spacial score (nSPS) is 18.7. The second kappa shape index (κ2) is 5.78. The van der Waals surface area contributed by atoms with Crippen LogP contribution in [0.5, 0.6) is 0 Å². The highest BCUT2D eigenvalue weighted by molar-refractivity contribution is 7.22. The van der Waals surface area contributed by atoms with Crippen molar-refractivity contribution in [3.63, 3.8) is 0 Å². The van der Waals surface area contributed by atoms with Gasteiger partial charge >= 0.3 is 0 Å². The van der Waals surface area contributed by atoms with Crippen molar-refractivity contribution < 1.29 is 4.79 Å². The molecule has 0 saturated carbocycles. The van der Waals surface area contributed by atoms with Crippen LogP contribution in [-0.4, -0.2) is 29.5 Å². The minimum absolute atomic E-state index is 0.0587. The lowest BCUT2D eigenvalue weighted by Crippen LogP contribution is -2.44. The number of fused-ring (bicyclic) bond motifs is 1. The van der Waals surface area contributed by atoms with Gasteiger partial charge in [0.1, 0.15) is 0 Å². The summed E-state index contributed by atoms with van der Waals surface area (Å²) < 4.78 is 1.27. The van der Waals surface area contributed by atoms with Crippen LogP contribution < -0.4 is 10.2 Å². The SMILES string of the molecule is Cc1ccc(C)c2sc(N3CCC(C(=O)NC(C)(C)C)C3)nc12. The molecule has 1 aliphatic rings. The van der Waals surface area contributed by atoms with Gasteiger partial charge in [0.15, 0.2) is 5.13 Å². The van der Waals surface area contributed by atoms with Crippen LogP contribution in [0, 0.1) is 19.8 Å². The van der Waals surface area contributed by atoms with Crippen molar-refractivity contribution >= 4 is 32.6 Å². The van der Waals surface area contributed by atoms with Gasteiger partial charge in [-0.1, -0.05) is 23.5 Å². The summed E-state index contributed by atoms with van der Waals surface area (Å²) in [6.07, 6.45) is 0.899. The molecule has 1 amide bonds. The van der Waals surface area contributed by atoms with Gasteiger partial charge in [0.25, 0.3) is 0 Å². The standard InChI is InChI=1S/C18H25N3OS/c1-11-6-7-12(2)15-14(11)19-17(23-15)21-9-8-13(10-21)16(22)20-18(3,4)5/h6-7,13H,8-10H2,1-5H3,(H,20,22). The highest BCUT2D eigenvalue weighted by atomic mass is 32.1. The maximum Gasteiger partial charge on any atom is 0.225 e. The molecule has 0 radical (unpaired) electrons. The van der Waals surface area contributed by atoms with Gasteiger partial charge in [-0.15, -0.1) is 0 Å². The molecule has 1 unspecified atom stereocenters. The highest BCUT2D eigenvalue weighted by Crippen LogP contribution is 2.35. The molecule has 1 atom stereocenters. The van der Waals surface area contributed by atoms with E-state index in [0.29, 0.717) is 0 Å². The molecule has 4 nitrogen and oxygen atoms in total. The maximum atomic E-state index is 12.4. The van der Waals surface area contributed by atoms with Crippen LogP contribution in [0.2, 0.25) is 0 Å². The lowest BCUT2D eigenvalue weighted by molar-refractivity contribution is -0.125. The molecule has 1 saturated heterocycles. The summed E-state index contributed by atoms with van der Waals surface area (Å²) >= 11 is 1.75. The van der Waals surface area contributed by atoms with E-state index in [1.165, 1.54) is 15.8 Å². The zero-order valence-electron chi connectivity index (χ0n) is 14.6. The Labute approximate surface area is 141 Å². The molecule has 2 heterocycles. The van der Waals surface area contributed by atoms with E-state index in [2.05, 4.69) is 36.2 Å². The van der Waals surface area contributed by atoms with Crippen LogP contribution in [0.1, 0.15) is 38.3 Å². The van der Waals surface area contributed by atoms with Crippen molar-refractivity contribution in [1.29, 1.82) is 0 Å². The number of aryl methyl sites for hydroxylation is 2. The third-order valence-electron chi connectivity index (χ3n) is 4.26. The molecule has 5 heteroatoms. The van der Waals surface area contributed by atoms with Gasteiger partial charge in [0.05, 0.1) is 16.1 Å². The number of aromatic nitrogens is 1. The Balaban J connectivity index is 1.78. The van der Waals surface area contributed by atoms with Gasteiger partial charge in [0, 0.05) is 18.6 Å². The summed E-state index contributed by atoms with van der Waals surface area (Å²) in [4.78, 5) is 19.5. The summed E-state index contributed by atoms with van der Waals surface area (Å²) in [5, 5.41) is 4.14. The molecule has 1 fully saturated rings. The first kappa shape index (κ1) is 16.2. The van der Waals surface area contributed by atoms with Crippen molar-refractivity contribution in [1.82, 2.24) is 10.3 Å². The molecule has 0 aliphatic carbocycles. The third kappa shape index (κ3) is 3.34. The van der Waals surface area contributed by atoms with Crippen LogP contribution in [0.25, 0.3) is 10.2 Å². The van der Waals surface area contributed by atoms with E-state index < -0.39 is 0 Å². The van der Waals surface area contributed by atoms with Crippen LogP contribution >= 0.6 is 11.3 Å². The van der Waals surface area contributed by atoms with E-state index in [0.717, 1.165) is 30.2 Å². The minimum atomic E-state index is -0.172. The Morgan fingerprint density at radius 3 is 2.65 bits per heavy atom. The number of amides is 1. The summed E-state index contributed by atoms with van der Waals surface area (Å²) in [5.74, 6) is 0.219. The molecule has 23 heavy (non-hydrogen) atoms. The van der Waals surface area contributed by atoms with Crippen LogP contribution in [0.4, 0.5) is 5.13 Å². The fourth-order valence-electron chi connectivity index (χ4n) is 3.00. The Morgan fingerprint density at radius 2 is 2.00 bits per heavy atom. The fraction of sp³-hybridized carbons (Fsp3) is 0.556. The van der Waals surface area contributed by atoms with Crippen molar-refractivity contribution in [2.24, 2.45) is 5.92 Å². The number of hydrogen-bond acceptors (Lipinski definition) is 4. The molecule has 1 aliphatic heterocycles. The molecule has 1 aromatic carbocycles. The minimum Gasteiger partial charge on any atom is -0.351 e. The first-order chi connectivity index (χ1) is 10.7. The lowest BCUT2D eigenvalue weighted by Gasteiger charge is -2.23. The Morgan fingerprint density at radius 1 is 1.30 bits per heavy atom. The Hall–Kier alpha value is -1.62. The molecule has 3 rings (SSSR count). The first-order valence-electron chi connectivity index (χ1n) is 8.18. The van der Waals surface area contributed by atoms with Crippen LogP contribution in [-0.2, 0) is 4.79 Å². The zero-order chi connectivity index (χ0) is 16.8. The number of rotatable bonds is 2. The number of hydrogen-bond donors (Lipinski definition) is 1. The quantitative estimate of drug-likeness (QED) is 0.913. The third-order valence-corrected chi connectivity index (χ3v) is 5.51. The van der Waals surface area contributed by atoms with Gasteiger partial charge < -0.3 is 10.2 Å². The number of benzene rings is 1. The summed E-state index contributed by atoms with van der Waals surface area (Å²) in [6.45, 7) is 12.0. The molecule has 1 aromatic heterocycles. The smallest absolute Gasteiger partial charge is 0.225 e. The van der Waals surface area contributed by atoms with Crippen molar-refractivity contribution in [2.75, 3.05) is 18.0 Å². The number of nitrogens with zero attached hydrogens (tertiary/aromatic N) is 2. The number of nitrogens with one attached hydrogen (secondary N) is 1. The maximum absolute atomic E-state index is 12.4. The predicted molar refractivity (Wildman–Crippen MR) is 97.3 cm³/mol. The second-order valence-electron chi connectivity index (χ2n) is 7.54. The van der Waals surface area contributed by atoms with E-state index in [4.69, 9.17) is 4.98 Å². The van der Waals surface area contributed by atoms with Gasteiger partial charge in [-0.05, 0) is 52.2 Å². The Kier molecular flexibility index (Phi) is 4.08. The van der Waals surface area contributed by atoms with Crippen LogP contribution in [0.15, 0.2) is 12.1 Å². The first-order valence-corrected chi connectivity index (χ1v) is 9.00. The van der Waals surface area contributed by atoms with Gasteiger partial charge in [-0.3, -0.25) is 4.79 Å². The van der Waals surface area contributed by atoms with E-state index in [1.807, 2.05) is 20.8 Å². The van der Waals surface area contributed by atoms with Crippen molar-refractivity contribution in [3.8, 4) is 0 Å². The number of carbonyl (C=O) groups is 1. The van der Waals surface area contributed by atoms with Crippen molar-refractivity contribution in [3.05, 3.63) is 23.3 Å². The summed E-state index contributed by atoms with van der Waals surface area (Å²) in [7, 11) is 0. The van der Waals surface area contributed by atoms with Gasteiger partial charge in [-0.25, -0.2) is 4.98 Å². The van der Waals surface area contributed by atoms with E-state index in [9.17, 15) is 4.79 Å². The molecule has 124 valence electrons. The van der Waals surface area contributed by atoms with Gasteiger partial charge in [0.2, 0.25) is 5.91 Å². The summed E-state index contributed by atoms with van der Waals surface area (Å²) in [6, 6.07) is 4.29. The molecule has 1 N–H and O–H groups in total. The number of carbonyl (C=O) groups excluding carboxylic acids is 1. The molecular weight excluding hydrogens is 306 g/mol. The fourth-order valence-corrected chi connectivity index (χ4v) is 4.15. The van der Waals surface area contributed by atoms with E-state index >= 15 is 0 Å². The van der Waals surface area contributed by atoms with E-state index in [-0.39, 0.29) is 17.4 Å². The number of thiazole rings is 1. The van der Waals surface area contributed by atoms with Crippen LogP contribution in [0.3, 0.4) is 0 Å². The lowest BCUT2D eigenvalue weighted by atomic mass is 10.0. The zero-order valence-corrected chi connectivity index (χ0v) is 15.4. The monoisotopic (exact) mass is 331 g/mol. The topological polar surface area (TPSA) is 45.2 Å². The molecular formula is C18H25N3OS. The van der Waals surface area contributed by atoms with E-state index in [1.54, 1.807) is 11.3 Å². The predicted octanol–water partition coefficient (Wildman–Crippen LogP) is 3.65. The van der Waals surface area contributed by atoms with Crippen molar-refractivity contribution in [2.45, 2.75) is 46.6 Å². The molecule has 0 spiro atoms. The average Bonchev–Trinajstić information content (AvgIpc) is 3.07. The number of anilines is 1. The largest absolute Gasteiger partial charge is 0.351 e. The van der Waals surface area contributed by atoms with Gasteiger partial charge in [-0.2, -0.15) is 0 Å². The highest BCUT2D eigenvalue weighted by Gasteiger charge is 2.31. The molecule has 2 aromatic rings.